The van der Waals surface area contributed by atoms with Crippen molar-refractivity contribution in [2.75, 3.05) is 20.1 Å². The molecule has 2 rings (SSSR count). The molecule has 0 radical (unpaired) electrons. The van der Waals surface area contributed by atoms with Crippen LogP contribution in [0.25, 0.3) is 0 Å². The fourth-order valence-corrected chi connectivity index (χ4v) is 2.91. The number of hydrogen-bond acceptors (Lipinski definition) is 4. The first-order valence-electron chi connectivity index (χ1n) is 8.88. The maximum absolute atomic E-state index is 12.7. The van der Waals surface area contributed by atoms with Gasteiger partial charge in [-0.2, -0.15) is 5.10 Å². The zero-order valence-electron chi connectivity index (χ0n) is 16.1. The number of hydrogen-bond donors (Lipinski definition) is 1. The van der Waals surface area contributed by atoms with E-state index in [0.29, 0.717) is 18.7 Å². The molecule has 140 valence electrons. The Morgan fingerprint density at radius 3 is 2.68 bits per heavy atom. The average molecular weight is 350 g/mol. The number of aromatic nitrogens is 2. The Morgan fingerprint density at radius 2 is 2.08 bits per heavy atom. The van der Waals surface area contributed by atoms with Gasteiger partial charge in [-0.25, -0.2) is 4.79 Å². The number of H-pyrrole nitrogens is 1. The van der Waals surface area contributed by atoms with Gasteiger partial charge < -0.3 is 14.5 Å². The third-order valence-corrected chi connectivity index (χ3v) is 4.48. The first kappa shape index (κ1) is 19.3. The molecule has 0 saturated carbocycles. The molecule has 1 saturated heterocycles. The molecule has 1 aliphatic rings. The minimum atomic E-state index is -0.515. The fourth-order valence-electron chi connectivity index (χ4n) is 2.91. The van der Waals surface area contributed by atoms with Crippen LogP contribution in [0.2, 0.25) is 0 Å². The molecular weight excluding hydrogens is 320 g/mol. The van der Waals surface area contributed by atoms with E-state index in [4.69, 9.17) is 4.74 Å². The molecular formula is C18H30N4O3. The fraction of sp³-hybridized carbons (Fsp3) is 0.722. The number of aromatic amines is 1. The van der Waals surface area contributed by atoms with Gasteiger partial charge >= 0.3 is 6.09 Å². The predicted octanol–water partition coefficient (Wildman–Crippen LogP) is 3.00. The molecule has 1 N–H and O–H groups in total. The second-order valence-corrected chi connectivity index (χ2v) is 7.97. The van der Waals surface area contributed by atoms with E-state index in [1.165, 1.54) is 0 Å². The molecule has 0 spiro atoms. The van der Waals surface area contributed by atoms with Gasteiger partial charge in [0.1, 0.15) is 5.60 Å². The molecule has 2 amide bonds. The molecule has 1 aliphatic heterocycles. The normalized spacial score (nSPS) is 18.4. The van der Waals surface area contributed by atoms with Crippen LogP contribution in [0.1, 0.15) is 69.4 Å². The molecule has 25 heavy (non-hydrogen) atoms. The molecule has 1 fully saturated rings. The van der Waals surface area contributed by atoms with Crippen LogP contribution in [0.15, 0.2) is 6.20 Å². The Balaban J connectivity index is 2.13. The van der Waals surface area contributed by atoms with Gasteiger partial charge in [0.2, 0.25) is 0 Å². The quantitative estimate of drug-likeness (QED) is 0.909. The summed E-state index contributed by atoms with van der Waals surface area (Å²) < 4.78 is 5.48. The second kappa shape index (κ2) is 7.45. The summed E-state index contributed by atoms with van der Waals surface area (Å²) in [5.74, 6) is 0.0106. The zero-order chi connectivity index (χ0) is 18.8. The highest BCUT2D eigenvalue weighted by atomic mass is 16.6. The number of amides is 2. The summed E-state index contributed by atoms with van der Waals surface area (Å²) in [5, 5.41) is 7.06. The number of ether oxygens (including phenoxy) is 1. The Morgan fingerprint density at radius 1 is 1.40 bits per heavy atom. The molecule has 0 unspecified atom stereocenters. The number of carbonyl (C=O) groups excluding carboxylic acids is 2. The lowest BCUT2D eigenvalue weighted by atomic mass is 9.92. The monoisotopic (exact) mass is 350 g/mol. The Bertz CT molecular complexity index is 618. The predicted molar refractivity (Wildman–Crippen MR) is 95.6 cm³/mol. The van der Waals surface area contributed by atoms with Crippen LogP contribution in [0.5, 0.6) is 0 Å². The third kappa shape index (κ3) is 4.74. The first-order chi connectivity index (χ1) is 11.6. The van der Waals surface area contributed by atoms with Crippen LogP contribution in [0.3, 0.4) is 0 Å². The van der Waals surface area contributed by atoms with E-state index in [0.717, 1.165) is 18.5 Å². The minimum Gasteiger partial charge on any atom is -0.444 e. The van der Waals surface area contributed by atoms with Gasteiger partial charge in [0.25, 0.3) is 5.91 Å². The molecule has 0 aromatic carbocycles. The molecule has 1 aromatic rings. The maximum atomic E-state index is 12.7. The topological polar surface area (TPSA) is 78.5 Å². The highest BCUT2D eigenvalue weighted by molar-refractivity contribution is 5.95. The molecule has 7 nitrogen and oxygen atoms in total. The first-order valence-corrected chi connectivity index (χ1v) is 8.88. The number of likely N-dealkylation sites (tertiary alicyclic amines) is 1. The van der Waals surface area contributed by atoms with Crippen molar-refractivity contribution in [1.29, 1.82) is 0 Å². The van der Waals surface area contributed by atoms with E-state index in [9.17, 15) is 9.59 Å². The summed E-state index contributed by atoms with van der Waals surface area (Å²) >= 11 is 0. The Kier molecular flexibility index (Phi) is 5.75. The SMILES string of the molecule is CC(C)N(C)C(=O)c1cn[nH]c1[C@@H]1CCCN(C(=O)OC(C)(C)C)C1. The molecule has 0 bridgehead atoms. The summed E-state index contributed by atoms with van der Waals surface area (Å²) in [6.07, 6.45) is 3.07. The van der Waals surface area contributed by atoms with Gasteiger partial charge in [-0.05, 0) is 47.5 Å². The van der Waals surface area contributed by atoms with Crippen molar-refractivity contribution in [2.24, 2.45) is 0 Å². The minimum absolute atomic E-state index is 0.0480. The van der Waals surface area contributed by atoms with Crippen LogP contribution in [0.4, 0.5) is 4.79 Å². The van der Waals surface area contributed by atoms with E-state index in [1.807, 2.05) is 34.6 Å². The van der Waals surface area contributed by atoms with Gasteiger partial charge in [0.15, 0.2) is 0 Å². The van der Waals surface area contributed by atoms with Crippen molar-refractivity contribution in [2.45, 2.75) is 65.0 Å². The van der Waals surface area contributed by atoms with Crippen LogP contribution in [-0.2, 0) is 4.74 Å². The molecule has 1 atom stereocenters. The Labute approximate surface area is 149 Å². The number of nitrogens with zero attached hydrogens (tertiary/aromatic N) is 3. The van der Waals surface area contributed by atoms with Crippen LogP contribution in [-0.4, -0.2) is 63.8 Å². The van der Waals surface area contributed by atoms with Gasteiger partial charge in [-0.3, -0.25) is 9.89 Å². The van der Waals surface area contributed by atoms with E-state index < -0.39 is 5.60 Å². The van der Waals surface area contributed by atoms with Crippen LogP contribution >= 0.6 is 0 Å². The van der Waals surface area contributed by atoms with Crippen molar-refractivity contribution in [3.8, 4) is 0 Å². The molecule has 7 heteroatoms. The van der Waals surface area contributed by atoms with Crippen molar-refractivity contribution < 1.29 is 14.3 Å². The van der Waals surface area contributed by atoms with Crippen molar-refractivity contribution in [1.82, 2.24) is 20.0 Å². The van der Waals surface area contributed by atoms with Crippen molar-refractivity contribution in [3.63, 3.8) is 0 Å². The largest absolute Gasteiger partial charge is 0.444 e. The number of rotatable bonds is 3. The molecule has 0 aliphatic carbocycles. The maximum Gasteiger partial charge on any atom is 0.410 e. The van der Waals surface area contributed by atoms with Crippen LogP contribution < -0.4 is 0 Å². The summed E-state index contributed by atoms with van der Waals surface area (Å²) in [6, 6.07) is 0.111. The summed E-state index contributed by atoms with van der Waals surface area (Å²) in [7, 11) is 1.79. The van der Waals surface area contributed by atoms with Crippen molar-refractivity contribution >= 4 is 12.0 Å². The highest BCUT2D eigenvalue weighted by Crippen LogP contribution is 2.29. The van der Waals surface area contributed by atoms with Gasteiger partial charge in [-0.15, -0.1) is 0 Å². The smallest absolute Gasteiger partial charge is 0.410 e. The lowest BCUT2D eigenvalue weighted by Gasteiger charge is -2.34. The van der Waals surface area contributed by atoms with E-state index >= 15 is 0 Å². The van der Waals surface area contributed by atoms with Crippen molar-refractivity contribution in [3.05, 3.63) is 17.5 Å². The molecule has 2 heterocycles. The lowest BCUT2D eigenvalue weighted by molar-refractivity contribution is 0.0197. The van der Waals surface area contributed by atoms with Gasteiger partial charge in [-0.1, -0.05) is 0 Å². The standard InChI is InChI=1S/C18H30N4O3/c1-12(2)21(6)16(23)14-10-19-20-15(14)13-8-7-9-22(11-13)17(24)25-18(3,4)5/h10,12-13H,7-9,11H2,1-6H3,(H,19,20)/t13-/m1/s1. The molecule has 1 aromatic heterocycles. The highest BCUT2D eigenvalue weighted by Gasteiger charge is 2.32. The Hall–Kier alpha value is -2.05. The van der Waals surface area contributed by atoms with E-state index in [-0.39, 0.29) is 24.0 Å². The lowest BCUT2D eigenvalue weighted by Crippen LogP contribution is -2.42. The number of carbonyl (C=O) groups is 2. The number of piperidine rings is 1. The van der Waals surface area contributed by atoms with E-state index in [2.05, 4.69) is 10.2 Å². The van der Waals surface area contributed by atoms with Crippen LogP contribution in [0, 0.1) is 0 Å². The third-order valence-electron chi connectivity index (χ3n) is 4.48. The second-order valence-electron chi connectivity index (χ2n) is 7.97. The summed E-state index contributed by atoms with van der Waals surface area (Å²) in [5.41, 5.74) is 0.886. The zero-order valence-corrected chi connectivity index (χ0v) is 16.1. The summed E-state index contributed by atoms with van der Waals surface area (Å²) in [4.78, 5) is 28.4. The number of nitrogens with one attached hydrogen (secondary N) is 1. The van der Waals surface area contributed by atoms with E-state index in [1.54, 1.807) is 23.0 Å². The summed E-state index contributed by atoms with van der Waals surface area (Å²) in [6.45, 7) is 10.7. The van der Waals surface area contributed by atoms with Gasteiger partial charge in [0, 0.05) is 32.1 Å². The van der Waals surface area contributed by atoms with Gasteiger partial charge in [0.05, 0.1) is 17.5 Å². The average Bonchev–Trinajstić information content (AvgIpc) is 3.01.